The average Bonchev–Trinajstić information content (AvgIpc) is 3.50. The van der Waals surface area contributed by atoms with Crippen LogP contribution in [0.25, 0.3) is 0 Å². The van der Waals surface area contributed by atoms with Crippen LogP contribution in [0.2, 0.25) is 0 Å². The van der Waals surface area contributed by atoms with Gasteiger partial charge in [-0.25, -0.2) is 0 Å². The molecule has 1 aromatic carbocycles. The Balaban J connectivity index is -0.0000000465. The predicted octanol–water partition coefficient (Wildman–Crippen LogP) is 7.23. The molecule has 0 aliphatic carbocycles. The highest BCUT2D eigenvalue weighted by molar-refractivity contribution is 5.95. The number of nitrogens with zero attached hydrogens (tertiary/aromatic N) is 3. The number of benzene rings is 1. The monoisotopic (exact) mass is 1220 g/mol. The Labute approximate surface area is 513 Å². The lowest BCUT2D eigenvalue weighted by Crippen LogP contribution is -2.59. The molecule has 510 valence electrons. The van der Waals surface area contributed by atoms with E-state index < -0.39 is 41.9 Å². The summed E-state index contributed by atoms with van der Waals surface area (Å²) in [6, 6.07) is 7.33. The lowest BCUT2D eigenvalue weighted by molar-refractivity contribution is -0.145. The molecule has 1 saturated heterocycles. The molecule has 0 radical (unpaired) electrons. The molecule has 84 heavy (non-hydrogen) atoms. The van der Waals surface area contributed by atoms with E-state index in [4.69, 9.17) is 38.7 Å². The molecule has 21 N–H and O–H groups in total. The summed E-state index contributed by atoms with van der Waals surface area (Å²) in [6.07, 6.45) is 7.07. The van der Waals surface area contributed by atoms with Gasteiger partial charge in [0.15, 0.2) is 0 Å². The van der Waals surface area contributed by atoms with Crippen molar-refractivity contribution in [3.05, 3.63) is 35.9 Å². The van der Waals surface area contributed by atoms with Crippen LogP contribution in [0.4, 0.5) is 0 Å². The summed E-state index contributed by atoms with van der Waals surface area (Å²) in [6.45, 7) is 50.5. The molecule has 2 rings (SSSR count). The van der Waals surface area contributed by atoms with Crippen molar-refractivity contribution < 1.29 is 62.6 Å². The molecular formula is C59H136N12O13. The Kier molecular flexibility index (Phi) is 166. The topological polar surface area (TPSA) is 477 Å². The van der Waals surface area contributed by atoms with E-state index >= 15 is 0 Å². The molecule has 1 aliphatic rings. The van der Waals surface area contributed by atoms with E-state index in [1.807, 2.05) is 95.1 Å². The first kappa shape index (κ1) is 128. The van der Waals surface area contributed by atoms with E-state index in [9.17, 15) is 24.0 Å². The minimum Gasteiger partial charge on any atom is -0.394 e. The molecule has 0 aromatic heterocycles. The van der Waals surface area contributed by atoms with Gasteiger partial charge >= 0.3 is 0 Å². The minimum absolute atomic E-state index is 0. The Morgan fingerprint density at radius 3 is 1.10 bits per heavy atom. The summed E-state index contributed by atoms with van der Waals surface area (Å²) < 4.78 is 0. The van der Waals surface area contributed by atoms with Crippen molar-refractivity contribution >= 4 is 77.1 Å². The molecule has 25 nitrogen and oxygen atoms in total. The lowest BCUT2D eigenvalue weighted by atomic mass is 9.98. The number of piperidine rings is 1. The van der Waals surface area contributed by atoms with Gasteiger partial charge in [0, 0.05) is 40.2 Å². The van der Waals surface area contributed by atoms with Gasteiger partial charge in [0.1, 0.15) is 71.7 Å². The fourth-order valence-corrected chi connectivity index (χ4v) is 4.95. The molecule has 5 amide bonds. The molecular weight excluding hydrogens is 1080 g/mol. The highest BCUT2D eigenvalue weighted by Gasteiger charge is 2.35. The lowest BCUT2D eigenvalue weighted by Gasteiger charge is -2.34. The average molecular weight is 1220 g/mol. The van der Waals surface area contributed by atoms with Gasteiger partial charge in [0.25, 0.3) is 0 Å². The van der Waals surface area contributed by atoms with Crippen molar-refractivity contribution in [3.8, 4) is 0 Å². The van der Waals surface area contributed by atoms with Crippen molar-refractivity contribution in [1.82, 2.24) is 49.9 Å². The number of amides is 5. The molecule has 4 atom stereocenters. The Morgan fingerprint density at radius 1 is 0.548 bits per heavy atom. The van der Waals surface area contributed by atoms with Crippen LogP contribution in [-0.4, -0.2) is 175 Å². The third-order valence-electron chi connectivity index (χ3n) is 9.78. The molecule has 1 heterocycles. The summed E-state index contributed by atoms with van der Waals surface area (Å²) in [5.74, 6) is 0.0695. The number of rotatable bonds is 14. The number of hydrogen-bond acceptors (Lipinski definition) is 20. The van der Waals surface area contributed by atoms with Crippen molar-refractivity contribution in [1.29, 1.82) is 0 Å². The van der Waals surface area contributed by atoms with Crippen LogP contribution in [0, 0.1) is 23.7 Å². The number of aliphatic hydroxyl groups is 1. The molecule has 25 heteroatoms. The third kappa shape index (κ3) is 92.4. The number of carbonyl (C=O) groups excluding carboxylic acids is 12. The van der Waals surface area contributed by atoms with Crippen molar-refractivity contribution in [2.75, 3.05) is 48.3 Å². The van der Waals surface area contributed by atoms with Gasteiger partial charge in [-0.05, 0) is 110 Å². The van der Waals surface area contributed by atoms with Crippen LogP contribution in [-0.2, 0) is 64.0 Å². The molecule has 0 spiro atoms. The second-order valence-electron chi connectivity index (χ2n) is 17.3. The summed E-state index contributed by atoms with van der Waals surface area (Å²) in [5.41, 5.74) is 14.9. The van der Waals surface area contributed by atoms with Crippen molar-refractivity contribution in [2.45, 2.75) is 200 Å². The fraction of sp³-hybridized carbons (Fsp3) is 0.695. The summed E-state index contributed by atoms with van der Waals surface area (Å²) in [4.78, 5) is 124. The van der Waals surface area contributed by atoms with Crippen LogP contribution in [0.3, 0.4) is 0 Å². The number of nitrogens with two attached hydrogens (primary N) is 3. The van der Waals surface area contributed by atoms with Gasteiger partial charge < -0.3 is 106 Å². The number of hydrogen-bond donors (Lipinski definition) is 10. The number of likely N-dealkylation sites (tertiary alicyclic amines) is 1. The van der Waals surface area contributed by atoms with Gasteiger partial charge in [-0.1, -0.05) is 133 Å². The van der Waals surface area contributed by atoms with Gasteiger partial charge in [-0.2, -0.15) is 0 Å². The molecule has 1 aliphatic heterocycles. The number of nitrogens with one attached hydrogen (secondary N) is 2. The van der Waals surface area contributed by atoms with Crippen LogP contribution in [0.1, 0.15) is 169 Å². The Bertz CT molecular complexity index is 1380. The largest absolute Gasteiger partial charge is 0.394 e. The normalized spacial score (nSPS) is 10.4. The zero-order chi connectivity index (χ0) is 67.7. The second kappa shape index (κ2) is 109. The fourth-order valence-electron chi connectivity index (χ4n) is 4.95. The van der Waals surface area contributed by atoms with E-state index in [2.05, 4.69) is 101 Å². The maximum absolute atomic E-state index is 13.4. The zero-order valence-electron chi connectivity index (χ0n) is 57.6. The zero-order valence-corrected chi connectivity index (χ0v) is 57.6. The summed E-state index contributed by atoms with van der Waals surface area (Å²) >= 11 is 0. The van der Waals surface area contributed by atoms with Crippen LogP contribution < -0.4 is 52.4 Å². The smallest absolute Gasteiger partial charge is 0.245 e. The third-order valence-corrected chi connectivity index (χ3v) is 9.78. The first-order valence-electron chi connectivity index (χ1n) is 26.8. The molecule has 1 unspecified atom stereocenters. The van der Waals surface area contributed by atoms with E-state index in [0.29, 0.717) is 19.5 Å². The van der Waals surface area contributed by atoms with E-state index in [1.54, 1.807) is 39.6 Å². The van der Waals surface area contributed by atoms with Gasteiger partial charge in [-0.3, -0.25) is 24.0 Å². The minimum atomic E-state index is -0.875. The van der Waals surface area contributed by atoms with Crippen molar-refractivity contribution in [2.24, 2.45) is 40.9 Å². The van der Waals surface area contributed by atoms with Gasteiger partial charge in [0.2, 0.25) is 29.5 Å². The van der Waals surface area contributed by atoms with Gasteiger partial charge in [0.05, 0.1) is 0 Å². The van der Waals surface area contributed by atoms with Crippen molar-refractivity contribution in [3.63, 3.8) is 0 Å². The van der Waals surface area contributed by atoms with Crippen LogP contribution in [0.5, 0.6) is 0 Å². The first-order valence-corrected chi connectivity index (χ1v) is 26.8. The summed E-state index contributed by atoms with van der Waals surface area (Å²) in [5, 5.41) is 13.6. The molecule has 0 saturated carbocycles. The van der Waals surface area contributed by atoms with Gasteiger partial charge in [-0.15, -0.1) is 0 Å². The maximum Gasteiger partial charge on any atom is 0.245 e. The maximum atomic E-state index is 13.4. The molecule has 1 fully saturated rings. The van der Waals surface area contributed by atoms with Crippen LogP contribution in [0.15, 0.2) is 30.3 Å². The van der Waals surface area contributed by atoms with E-state index in [-0.39, 0.29) is 54.4 Å². The Morgan fingerprint density at radius 2 is 0.857 bits per heavy atom. The number of likely N-dealkylation sites (N-methyl/N-ethyl adjacent to an activating group) is 2. The molecule has 0 bridgehead atoms. The van der Waals surface area contributed by atoms with E-state index in [0.717, 1.165) is 37.5 Å². The predicted molar refractivity (Wildman–Crippen MR) is 354 cm³/mol. The quantitative estimate of drug-likeness (QED) is 0.0877. The van der Waals surface area contributed by atoms with Crippen LogP contribution >= 0.6 is 0 Å². The SMILES string of the molecule is C=O.C=O.C=O.C=O.C=O.C=O.C=O.CC.CC(=O)N(C)[C@@H](CC(C)C)C(=O)N[C@H](C(=O)N(C)C(C)C(=O)N[C@@H](C)C(=O)N1CCCCC1)C(C)C.CC(C)O.CCC(C)C.CCC(C)C.CCc1ccccc1.CN.CN.CN.N.N.N.N. The Hall–Kier alpha value is -6.06. The summed E-state index contributed by atoms with van der Waals surface area (Å²) in [7, 11) is 7.59. The number of aryl methyl sites for hydroxylation is 1. The number of carbonyl (C=O) groups is 12. The van der Waals surface area contributed by atoms with E-state index in [1.165, 1.54) is 63.3 Å². The highest BCUT2D eigenvalue weighted by Crippen LogP contribution is 2.15. The second-order valence-corrected chi connectivity index (χ2v) is 17.3. The first-order chi connectivity index (χ1) is 37.9. The molecule has 1 aromatic rings. The highest BCUT2D eigenvalue weighted by atomic mass is 16.3. The standard InChI is InChI=1S/C26H47N5O5.C8H10.2C5H12.C3H8O.C2H6.3CH5N.7CH2O.4H3N/c1-16(2)15-21(30(9)20(7)32)24(34)28-22(17(3)4)26(36)29(8)19(6)23(33)27-18(5)25(35)31-13-11-10-12-14-31;1-2-8-6-4-3-5-7-8;2*1-4-5(2)3;1-3(2)4;11*1-2;;;;/h16-19,21-22H,10-15H2,1-9H3,(H,27,33)(H,28,34);3-7H,2H2,1H3;2*5H,4H2,1-3H3;3-4H,1-2H3;1-2H3;3*2H2,1H3;7*1H2;4*1H3/t18-,19?,21-,22-;;;;;;;;;;;;;;;;;;;/m0.................../s1. The number of aliphatic hydroxyl groups excluding tert-OH is 1.